The van der Waals surface area contributed by atoms with E-state index in [1.807, 2.05) is 0 Å². The predicted molar refractivity (Wildman–Crippen MR) is 182 cm³/mol. The average molecular weight is 666 g/mol. The van der Waals surface area contributed by atoms with E-state index >= 15 is 4.39 Å². The van der Waals surface area contributed by atoms with Crippen molar-refractivity contribution in [2.24, 2.45) is 5.92 Å². The molecule has 4 heterocycles. The number of benzene rings is 2. The van der Waals surface area contributed by atoms with E-state index in [-0.39, 0.29) is 45.4 Å². The summed E-state index contributed by atoms with van der Waals surface area (Å²) in [6.07, 6.45) is 2.38. The molecule has 0 bridgehead atoms. The number of aromatic nitrogens is 2. The molecule has 12 heteroatoms. The minimum atomic E-state index is -0.884. The van der Waals surface area contributed by atoms with Crippen molar-refractivity contribution in [3.8, 4) is 11.1 Å². The third kappa shape index (κ3) is 5.64. The highest BCUT2D eigenvalue weighted by Gasteiger charge is 2.49. The summed E-state index contributed by atoms with van der Waals surface area (Å²) in [7, 11) is 0. The quantitative estimate of drug-likeness (QED) is 0.220. The molecule has 4 amide bonds. The Labute approximate surface area is 282 Å². The van der Waals surface area contributed by atoms with Crippen LogP contribution < -0.4 is 15.1 Å². The zero-order valence-electron chi connectivity index (χ0n) is 28.3. The third-order valence-electron chi connectivity index (χ3n) is 8.80. The maximum Gasteiger partial charge on any atom is 0.414 e. The molecule has 49 heavy (non-hydrogen) atoms. The zero-order chi connectivity index (χ0) is 35.2. The molecular formula is C37H36FN5O6. The lowest BCUT2D eigenvalue weighted by molar-refractivity contribution is 0.0574. The van der Waals surface area contributed by atoms with Gasteiger partial charge in [0.15, 0.2) is 5.82 Å². The van der Waals surface area contributed by atoms with Gasteiger partial charge in [0, 0.05) is 41.4 Å². The van der Waals surface area contributed by atoms with Crippen LogP contribution in [0.4, 0.5) is 31.2 Å². The topological polar surface area (TPSA) is 131 Å². The number of carbonyl (C=O) groups is 4. The smallest absolute Gasteiger partial charge is 0.414 e. The number of carbonyl (C=O) groups excluding carboxylic acids is 4. The number of nitrogens with one attached hydrogen (secondary N) is 1. The van der Waals surface area contributed by atoms with Gasteiger partial charge in [-0.15, -0.1) is 0 Å². The van der Waals surface area contributed by atoms with Crippen LogP contribution in [0, 0.1) is 18.7 Å². The molecule has 2 unspecified atom stereocenters. The number of hydrogen-bond donors (Lipinski definition) is 1. The molecule has 2 aliphatic heterocycles. The Morgan fingerprint density at radius 3 is 2.18 bits per heavy atom. The second kappa shape index (κ2) is 11.1. The second-order valence-corrected chi connectivity index (χ2v) is 14.7. The molecule has 1 N–H and O–H groups in total. The molecule has 11 nitrogen and oxygen atoms in total. The lowest BCUT2D eigenvalue weighted by Crippen LogP contribution is -2.40. The van der Waals surface area contributed by atoms with Gasteiger partial charge < -0.3 is 9.47 Å². The van der Waals surface area contributed by atoms with Gasteiger partial charge in [0.05, 0.1) is 28.2 Å². The largest absolute Gasteiger partial charge is 0.444 e. The van der Waals surface area contributed by atoms with E-state index in [9.17, 15) is 19.2 Å². The van der Waals surface area contributed by atoms with E-state index in [2.05, 4.69) is 10.3 Å². The average Bonchev–Trinajstić information content (AvgIpc) is 3.76. The van der Waals surface area contributed by atoms with Gasteiger partial charge in [0.1, 0.15) is 17.0 Å². The number of fused-ring (bicyclic) bond motifs is 5. The highest BCUT2D eigenvalue weighted by atomic mass is 19.1. The van der Waals surface area contributed by atoms with E-state index in [0.29, 0.717) is 28.7 Å². The lowest BCUT2D eigenvalue weighted by Gasteiger charge is -2.32. The monoisotopic (exact) mass is 665 g/mol. The first-order valence-corrected chi connectivity index (χ1v) is 16.1. The minimum Gasteiger partial charge on any atom is -0.444 e. The number of amides is 4. The third-order valence-corrected chi connectivity index (χ3v) is 8.80. The fraction of sp³-hybridized carbons (Fsp3) is 0.351. The Morgan fingerprint density at radius 2 is 1.55 bits per heavy atom. The van der Waals surface area contributed by atoms with Gasteiger partial charge in [0.25, 0.3) is 11.8 Å². The van der Waals surface area contributed by atoms with Crippen LogP contribution in [0.2, 0.25) is 0 Å². The molecule has 1 fully saturated rings. The van der Waals surface area contributed by atoms with Gasteiger partial charge >= 0.3 is 12.2 Å². The van der Waals surface area contributed by atoms with Crippen LogP contribution in [0.15, 0.2) is 48.8 Å². The lowest BCUT2D eigenvalue weighted by atomic mass is 9.94. The number of pyridine rings is 2. The summed E-state index contributed by atoms with van der Waals surface area (Å²) in [5.41, 5.74) is 1.12. The summed E-state index contributed by atoms with van der Waals surface area (Å²) in [5.74, 6) is -1.33. The highest BCUT2D eigenvalue weighted by Crippen LogP contribution is 2.56. The number of rotatable bonds is 3. The Kier molecular flexibility index (Phi) is 7.27. The first-order valence-electron chi connectivity index (χ1n) is 16.1. The molecule has 0 saturated heterocycles. The standard InChI is InChI=1S/C37H36FN5O6/c1-18-25(15-40-30-23-13-20(23)17-42(31(18)30)35(47)49-37(5,6)7)24-12-19-14-27(43-32(44)21-10-8-9-11-22(21)33(43)45)39-16-26(19)29(28(24)38)41-34(46)48-36(2,3)4/h8-12,14-16,20,23H,13,17H2,1-7H3,(H,41,46). The van der Waals surface area contributed by atoms with Crippen molar-refractivity contribution in [2.45, 2.75) is 72.0 Å². The van der Waals surface area contributed by atoms with Gasteiger partial charge in [-0.25, -0.2) is 23.9 Å². The van der Waals surface area contributed by atoms with Crippen LogP contribution in [-0.2, 0) is 9.47 Å². The van der Waals surface area contributed by atoms with Crippen molar-refractivity contribution < 1.29 is 33.0 Å². The number of imide groups is 1. The molecule has 0 spiro atoms. The predicted octanol–water partition coefficient (Wildman–Crippen LogP) is 7.75. The molecular weight excluding hydrogens is 629 g/mol. The molecule has 252 valence electrons. The molecule has 1 saturated carbocycles. The Balaban J connectivity index is 1.39. The summed E-state index contributed by atoms with van der Waals surface area (Å²) < 4.78 is 28.0. The number of halogens is 1. The van der Waals surface area contributed by atoms with Gasteiger partial charge in [-0.05, 0) is 96.0 Å². The summed E-state index contributed by atoms with van der Waals surface area (Å²) in [6, 6.07) is 9.56. The number of nitrogens with zero attached hydrogens (tertiary/aromatic N) is 4. The summed E-state index contributed by atoms with van der Waals surface area (Å²) in [6.45, 7) is 12.7. The van der Waals surface area contributed by atoms with Crippen molar-refractivity contribution in [3.63, 3.8) is 0 Å². The van der Waals surface area contributed by atoms with Crippen LogP contribution in [0.5, 0.6) is 0 Å². The molecule has 0 radical (unpaired) electrons. The fourth-order valence-electron chi connectivity index (χ4n) is 6.59. The summed E-state index contributed by atoms with van der Waals surface area (Å²) in [5, 5.41) is 3.16. The van der Waals surface area contributed by atoms with Crippen molar-refractivity contribution in [2.75, 3.05) is 21.7 Å². The van der Waals surface area contributed by atoms with Gasteiger partial charge in [-0.2, -0.15) is 0 Å². The first kappa shape index (κ1) is 32.2. The number of hydrogen-bond acceptors (Lipinski definition) is 8. The Bertz CT molecular complexity index is 2080. The van der Waals surface area contributed by atoms with E-state index in [4.69, 9.17) is 14.5 Å². The summed E-state index contributed by atoms with van der Waals surface area (Å²) >= 11 is 0. The van der Waals surface area contributed by atoms with Crippen LogP contribution in [0.3, 0.4) is 0 Å². The number of ether oxygens (including phenoxy) is 2. The zero-order valence-corrected chi connectivity index (χ0v) is 28.3. The van der Waals surface area contributed by atoms with Crippen LogP contribution >= 0.6 is 0 Å². The fourth-order valence-corrected chi connectivity index (χ4v) is 6.59. The van der Waals surface area contributed by atoms with Crippen molar-refractivity contribution in [3.05, 3.63) is 77.0 Å². The van der Waals surface area contributed by atoms with Gasteiger partial charge in [0.2, 0.25) is 0 Å². The van der Waals surface area contributed by atoms with Crippen LogP contribution in [-0.4, -0.2) is 51.7 Å². The van der Waals surface area contributed by atoms with Crippen molar-refractivity contribution >= 4 is 52.0 Å². The molecule has 4 aromatic rings. The maximum atomic E-state index is 16.8. The van der Waals surface area contributed by atoms with Gasteiger partial charge in [-0.1, -0.05) is 12.1 Å². The molecule has 2 aromatic heterocycles. The van der Waals surface area contributed by atoms with E-state index in [1.54, 1.807) is 89.9 Å². The highest BCUT2D eigenvalue weighted by molar-refractivity contribution is 6.34. The Morgan fingerprint density at radius 1 is 0.898 bits per heavy atom. The van der Waals surface area contributed by atoms with Gasteiger partial charge in [-0.3, -0.25) is 24.8 Å². The van der Waals surface area contributed by atoms with Crippen molar-refractivity contribution in [1.82, 2.24) is 9.97 Å². The Hall–Kier alpha value is -5.39. The minimum absolute atomic E-state index is 0.0376. The molecule has 1 aliphatic carbocycles. The summed E-state index contributed by atoms with van der Waals surface area (Å²) in [4.78, 5) is 64.7. The SMILES string of the molecule is Cc1c(-c2cc3cc(N4C(=O)c5ccccc5C4=O)ncc3c(NC(=O)OC(C)(C)C)c2F)cnc2c1N(C(=O)OC(C)(C)C)CC1CC21. The molecule has 3 aliphatic rings. The number of anilines is 3. The van der Waals surface area contributed by atoms with E-state index < -0.39 is 41.0 Å². The van der Waals surface area contributed by atoms with Crippen molar-refractivity contribution in [1.29, 1.82) is 0 Å². The van der Waals surface area contributed by atoms with E-state index in [1.165, 1.54) is 12.3 Å². The molecule has 2 aromatic carbocycles. The normalized spacial score (nSPS) is 18.2. The second-order valence-electron chi connectivity index (χ2n) is 14.7. The van der Waals surface area contributed by atoms with Crippen LogP contribution in [0.1, 0.15) is 85.9 Å². The van der Waals surface area contributed by atoms with E-state index in [0.717, 1.165) is 17.0 Å². The molecule has 7 rings (SSSR count). The first-order chi connectivity index (χ1) is 23.0. The maximum absolute atomic E-state index is 16.8. The molecule has 2 atom stereocenters. The van der Waals surface area contributed by atoms with Crippen LogP contribution in [0.25, 0.3) is 21.9 Å².